The Balaban J connectivity index is 2.63. The van der Waals surface area contributed by atoms with Crippen LogP contribution in [0.1, 0.15) is 0 Å². The van der Waals surface area contributed by atoms with Crippen LogP contribution in [0.25, 0.3) is 11.4 Å². The van der Waals surface area contributed by atoms with Gasteiger partial charge < -0.3 is 0 Å². The molecule has 1 aromatic carbocycles. The summed E-state index contributed by atoms with van der Waals surface area (Å²) in [5.41, 5.74) is 0.0710. The number of aryl methyl sites for hydroxylation is 1. The maximum atomic E-state index is 13.3. The highest BCUT2D eigenvalue weighted by atomic mass is 32.1. The Kier molecular flexibility index (Phi) is 2.36. The molecule has 3 nitrogen and oxygen atoms in total. The standard InChI is InChI=1S/C9H7F2N3S/c1-14-9(15)12-8(13-14)6-4-5(10)2-3-7(6)11/h2-4H,1H3,(H,12,13,15). The van der Waals surface area contributed by atoms with E-state index in [0.717, 1.165) is 18.2 Å². The van der Waals surface area contributed by atoms with E-state index in [1.165, 1.54) is 4.68 Å². The van der Waals surface area contributed by atoms with Crippen molar-refractivity contribution in [2.75, 3.05) is 0 Å². The Morgan fingerprint density at radius 2 is 2.13 bits per heavy atom. The first-order valence-electron chi connectivity index (χ1n) is 4.16. The van der Waals surface area contributed by atoms with Gasteiger partial charge >= 0.3 is 0 Å². The molecule has 0 aliphatic heterocycles. The number of nitrogens with one attached hydrogen (secondary N) is 1. The summed E-state index contributed by atoms with van der Waals surface area (Å²) in [5, 5.41) is 2.72. The lowest BCUT2D eigenvalue weighted by atomic mass is 10.2. The molecule has 0 fully saturated rings. The number of hydrogen-bond acceptors (Lipinski definition) is 2. The summed E-state index contributed by atoms with van der Waals surface area (Å²) < 4.78 is 28.0. The Morgan fingerprint density at radius 3 is 2.73 bits per heavy atom. The van der Waals surface area contributed by atoms with Gasteiger partial charge in [-0.15, -0.1) is 0 Å². The molecule has 0 aliphatic carbocycles. The molecule has 0 unspecified atom stereocenters. The summed E-state index contributed by atoms with van der Waals surface area (Å²) in [4.78, 5) is 3.90. The van der Waals surface area contributed by atoms with Gasteiger partial charge in [0.15, 0.2) is 5.82 Å². The molecule has 6 heteroatoms. The van der Waals surface area contributed by atoms with Crippen LogP contribution in [0.2, 0.25) is 0 Å². The van der Waals surface area contributed by atoms with Crippen LogP contribution in [-0.4, -0.2) is 14.8 Å². The molecule has 0 atom stereocenters. The molecule has 0 bridgehead atoms. The zero-order valence-electron chi connectivity index (χ0n) is 7.79. The first-order chi connectivity index (χ1) is 7.08. The van der Waals surface area contributed by atoms with Crippen molar-refractivity contribution in [3.05, 3.63) is 34.6 Å². The van der Waals surface area contributed by atoms with Crippen LogP contribution in [-0.2, 0) is 7.05 Å². The van der Waals surface area contributed by atoms with Gasteiger partial charge in [-0.3, -0.25) is 9.78 Å². The fourth-order valence-electron chi connectivity index (χ4n) is 1.20. The molecule has 2 aromatic rings. The Labute approximate surface area is 89.4 Å². The Bertz CT molecular complexity index is 559. The second-order valence-corrected chi connectivity index (χ2v) is 3.40. The Morgan fingerprint density at radius 1 is 1.40 bits per heavy atom. The molecule has 0 saturated carbocycles. The van der Waals surface area contributed by atoms with Crippen LogP contribution < -0.4 is 0 Å². The largest absolute Gasteiger partial charge is 0.279 e. The predicted octanol–water partition coefficient (Wildman–Crippen LogP) is 2.42. The maximum absolute atomic E-state index is 13.3. The predicted molar refractivity (Wildman–Crippen MR) is 53.7 cm³/mol. The molecular formula is C9H7F2N3S. The fourth-order valence-corrected chi connectivity index (χ4v) is 1.34. The molecule has 1 N–H and O–H groups in total. The van der Waals surface area contributed by atoms with E-state index < -0.39 is 11.6 Å². The highest BCUT2D eigenvalue weighted by Crippen LogP contribution is 2.19. The maximum Gasteiger partial charge on any atom is 0.216 e. The van der Waals surface area contributed by atoms with E-state index in [9.17, 15) is 8.78 Å². The minimum atomic E-state index is -0.541. The first-order valence-corrected chi connectivity index (χ1v) is 4.57. The number of aromatic nitrogens is 3. The second kappa shape index (κ2) is 3.54. The summed E-state index contributed by atoms with van der Waals surface area (Å²) in [6.07, 6.45) is 0. The van der Waals surface area contributed by atoms with E-state index in [4.69, 9.17) is 12.2 Å². The Hall–Kier alpha value is -1.56. The summed E-state index contributed by atoms with van der Waals surface area (Å²) in [6, 6.07) is 3.18. The average Bonchev–Trinajstić information content (AvgIpc) is 2.51. The van der Waals surface area contributed by atoms with Gasteiger partial charge in [0, 0.05) is 7.05 Å². The van der Waals surface area contributed by atoms with Gasteiger partial charge in [-0.05, 0) is 30.4 Å². The van der Waals surface area contributed by atoms with Gasteiger partial charge in [0.2, 0.25) is 4.77 Å². The molecule has 0 spiro atoms. The summed E-state index contributed by atoms with van der Waals surface area (Å²) in [5.74, 6) is -0.836. The monoisotopic (exact) mass is 227 g/mol. The number of benzene rings is 1. The molecule has 1 aromatic heterocycles. The zero-order valence-corrected chi connectivity index (χ0v) is 8.61. The van der Waals surface area contributed by atoms with Crippen LogP contribution in [0, 0.1) is 16.4 Å². The summed E-state index contributed by atoms with van der Waals surface area (Å²) >= 11 is 4.85. The van der Waals surface area contributed by atoms with Gasteiger partial charge in [-0.25, -0.2) is 8.78 Å². The van der Waals surface area contributed by atoms with Crippen LogP contribution in [0.3, 0.4) is 0 Å². The van der Waals surface area contributed by atoms with Crippen molar-refractivity contribution in [1.82, 2.24) is 14.8 Å². The molecule has 78 valence electrons. The van der Waals surface area contributed by atoms with Gasteiger partial charge in [-0.2, -0.15) is 4.98 Å². The zero-order chi connectivity index (χ0) is 11.0. The van der Waals surface area contributed by atoms with Crippen molar-refractivity contribution in [2.24, 2.45) is 7.05 Å². The van der Waals surface area contributed by atoms with Crippen molar-refractivity contribution >= 4 is 12.2 Å². The van der Waals surface area contributed by atoms with Crippen molar-refractivity contribution < 1.29 is 8.78 Å². The molecule has 0 aliphatic rings. The van der Waals surface area contributed by atoms with Gasteiger partial charge in [0.25, 0.3) is 0 Å². The molecule has 15 heavy (non-hydrogen) atoms. The minimum absolute atomic E-state index is 0.0710. The van der Waals surface area contributed by atoms with E-state index in [-0.39, 0.29) is 16.2 Å². The third-order valence-electron chi connectivity index (χ3n) is 1.95. The van der Waals surface area contributed by atoms with E-state index in [1.807, 2.05) is 0 Å². The highest BCUT2D eigenvalue weighted by Gasteiger charge is 2.09. The number of aromatic amines is 1. The van der Waals surface area contributed by atoms with E-state index in [1.54, 1.807) is 7.05 Å². The van der Waals surface area contributed by atoms with Crippen LogP contribution in [0.4, 0.5) is 8.78 Å². The van der Waals surface area contributed by atoms with Crippen molar-refractivity contribution in [1.29, 1.82) is 0 Å². The first kappa shape index (κ1) is 9.97. The lowest BCUT2D eigenvalue weighted by Gasteiger charge is -1.98. The second-order valence-electron chi connectivity index (χ2n) is 3.04. The number of rotatable bonds is 1. The molecule has 0 amide bonds. The van der Waals surface area contributed by atoms with Crippen LogP contribution >= 0.6 is 12.2 Å². The van der Waals surface area contributed by atoms with Crippen molar-refractivity contribution in [2.45, 2.75) is 0 Å². The van der Waals surface area contributed by atoms with E-state index >= 15 is 0 Å². The van der Waals surface area contributed by atoms with Gasteiger partial charge in [-0.1, -0.05) is 0 Å². The van der Waals surface area contributed by atoms with Gasteiger partial charge in [0.1, 0.15) is 11.6 Å². The number of halogens is 2. The van der Waals surface area contributed by atoms with E-state index in [2.05, 4.69) is 10.1 Å². The molecule has 2 rings (SSSR count). The number of H-pyrrole nitrogens is 1. The minimum Gasteiger partial charge on any atom is -0.279 e. The van der Waals surface area contributed by atoms with Crippen LogP contribution in [0.5, 0.6) is 0 Å². The molecule has 1 heterocycles. The summed E-state index contributed by atoms with van der Waals surface area (Å²) in [7, 11) is 1.65. The van der Waals surface area contributed by atoms with E-state index in [0.29, 0.717) is 0 Å². The highest BCUT2D eigenvalue weighted by molar-refractivity contribution is 7.71. The number of hydrogen-bond donors (Lipinski definition) is 1. The quantitative estimate of drug-likeness (QED) is 0.759. The smallest absolute Gasteiger partial charge is 0.216 e. The van der Waals surface area contributed by atoms with Crippen molar-refractivity contribution in [3.8, 4) is 11.4 Å². The molecular weight excluding hydrogens is 220 g/mol. The normalized spacial score (nSPS) is 10.6. The number of nitrogens with zero attached hydrogens (tertiary/aromatic N) is 2. The SMILES string of the molecule is Cn1[nH]c(-c2cc(F)ccc2F)nc1=S. The lowest BCUT2D eigenvalue weighted by Crippen LogP contribution is -1.91. The van der Waals surface area contributed by atoms with Crippen molar-refractivity contribution in [3.63, 3.8) is 0 Å². The van der Waals surface area contributed by atoms with Crippen LogP contribution in [0.15, 0.2) is 18.2 Å². The molecule has 0 saturated heterocycles. The topological polar surface area (TPSA) is 33.6 Å². The third-order valence-corrected chi connectivity index (χ3v) is 2.32. The fraction of sp³-hybridized carbons (Fsp3) is 0.111. The summed E-state index contributed by atoms with van der Waals surface area (Å²) in [6.45, 7) is 0. The van der Waals surface area contributed by atoms with Gasteiger partial charge in [0.05, 0.1) is 5.56 Å². The average molecular weight is 227 g/mol. The third kappa shape index (κ3) is 1.80. The lowest BCUT2D eigenvalue weighted by molar-refractivity contribution is 0.602. The molecule has 0 radical (unpaired) electrons.